The molecule has 2 aromatic rings. The van der Waals surface area contributed by atoms with E-state index in [0.29, 0.717) is 5.56 Å². The van der Waals surface area contributed by atoms with Gasteiger partial charge in [-0.2, -0.15) is 5.26 Å². The van der Waals surface area contributed by atoms with Gasteiger partial charge in [0.25, 0.3) is 0 Å². The summed E-state index contributed by atoms with van der Waals surface area (Å²) in [6.07, 6.45) is 0. The maximum atomic E-state index is 8.91. The highest BCUT2D eigenvalue weighted by atomic mass is 14.9. The van der Waals surface area contributed by atoms with Crippen LogP contribution in [0.1, 0.15) is 35.2 Å². The SMILES string of the molecule is Cc1ccc(C(C)Nc2cccc(C#N)c2)c(C)c1. The van der Waals surface area contributed by atoms with Crippen LogP contribution in [0.3, 0.4) is 0 Å². The second kappa shape index (κ2) is 5.58. The lowest BCUT2D eigenvalue weighted by atomic mass is 10.00. The Morgan fingerprint density at radius 1 is 1.11 bits per heavy atom. The molecule has 96 valence electrons. The van der Waals surface area contributed by atoms with Crippen LogP contribution in [0.15, 0.2) is 42.5 Å². The van der Waals surface area contributed by atoms with Gasteiger partial charge in [-0.1, -0.05) is 29.8 Å². The number of rotatable bonds is 3. The molecule has 0 radical (unpaired) electrons. The minimum absolute atomic E-state index is 0.217. The molecule has 2 aromatic carbocycles. The first-order chi connectivity index (χ1) is 9.10. The van der Waals surface area contributed by atoms with Crippen molar-refractivity contribution in [2.45, 2.75) is 26.8 Å². The van der Waals surface area contributed by atoms with E-state index in [2.05, 4.69) is 50.4 Å². The minimum Gasteiger partial charge on any atom is -0.378 e. The van der Waals surface area contributed by atoms with Crippen molar-refractivity contribution >= 4 is 5.69 Å². The van der Waals surface area contributed by atoms with E-state index in [1.807, 2.05) is 24.3 Å². The third kappa shape index (κ3) is 3.14. The Kier molecular flexibility index (Phi) is 3.87. The van der Waals surface area contributed by atoms with Gasteiger partial charge < -0.3 is 5.32 Å². The molecule has 0 spiro atoms. The molecule has 19 heavy (non-hydrogen) atoms. The Labute approximate surface area is 114 Å². The van der Waals surface area contributed by atoms with Crippen molar-refractivity contribution in [3.05, 3.63) is 64.7 Å². The highest BCUT2D eigenvalue weighted by Gasteiger charge is 2.08. The average Bonchev–Trinajstić information content (AvgIpc) is 2.38. The number of nitriles is 1. The summed E-state index contributed by atoms with van der Waals surface area (Å²) in [5.74, 6) is 0. The van der Waals surface area contributed by atoms with Crippen molar-refractivity contribution in [3.63, 3.8) is 0 Å². The van der Waals surface area contributed by atoms with Crippen molar-refractivity contribution in [1.29, 1.82) is 5.26 Å². The van der Waals surface area contributed by atoms with Crippen LogP contribution >= 0.6 is 0 Å². The van der Waals surface area contributed by atoms with Gasteiger partial charge in [-0.05, 0) is 50.1 Å². The monoisotopic (exact) mass is 250 g/mol. The standard InChI is InChI=1S/C17H18N2/c1-12-7-8-17(13(2)9-12)14(3)19-16-6-4-5-15(10-16)11-18/h4-10,14,19H,1-3H3. The summed E-state index contributed by atoms with van der Waals surface area (Å²) < 4.78 is 0. The number of nitrogens with zero attached hydrogens (tertiary/aromatic N) is 1. The Balaban J connectivity index is 2.20. The van der Waals surface area contributed by atoms with Crippen molar-refractivity contribution in [3.8, 4) is 6.07 Å². The molecule has 0 aliphatic heterocycles. The zero-order chi connectivity index (χ0) is 13.8. The van der Waals surface area contributed by atoms with Crippen LogP contribution < -0.4 is 5.32 Å². The molecule has 0 saturated carbocycles. The molecule has 1 N–H and O–H groups in total. The molecule has 2 nitrogen and oxygen atoms in total. The lowest BCUT2D eigenvalue weighted by Crippen LogP contribution is -2.08. The summed E-state index contributed by atoms with van der Waals surface area (Å²) in [7, 11) is 0. The largest absolute Gasteiger partial charge is 0.378 e. The Morgan fingerprint density at radius 3 is 2.58 bits per heavy atom. The van der Waals surface area contributed by atoms with Crippen molar-refractivity contribution in [2.75, 3.05) is 5.32 Å². The first kappa shape index (κ1) is 13.2. The molecule has 2 rings (SSSR count). The molecule has 0 bridgehead atoms. The van der Waals surface area contributed by atoms with E-state index in [-0.39, 0.29) is 6.04 Å². The number of nitrogens with one attached hydrogen (secondary N) is 1. The predicted octanol–water partition coefficient (Wildman–Crippen LogP) is 4.35. The zero-order valence-electron chi connectivity index (χ0n) is 11.6. The molecule has 0 saturated heterocycles. The van der Waals surface area contributed by atoms with Crippen LogP contribution in [-0.2, 0) is 0 Å². The molecule has 0 aromatic heterocycles. The van der Waals surface area contributed by atoms with E-state index in [9.17, 15) is 0 Å². The molecule has 0 heterocycles. The molecular formula is C17H18N2. The number of hydrogen-bond acceptors (Lipinski definition) is 2. The van der Waals surface area contributed by atoms with Gasteiger partial charge in [0.2, 0.25) is 0 Å². The van der Waals surface area contributed by atoms with Crippen LogP contribution in [0.5, 0.6) is 0 Å². The Hall–Kier alpha value is -2.27. The highest BCUT2D eigenvalue weighted by molar-refractivity contribution is 5.51. The molecule has 0 aliphatic rings. The van der Waals surface area contributed by atoms with Gasteiger partial charge in [-0.15, -0.1) is 0 Å². The normalized spacial score (nSPS) is 11.7. The van der Waals surface area contributed by atoms with Gasteiger partial charge in [0.05, 0.1) is 11.6 Å². The number of hydrogen-bond donors (Lipinski definition) is 1. The van der Waals surface area contributed by atoms with Gasteiger partial charge in [-0.25, -0.2) is 0 Å². The molecule has 0 fully saturated rings. The number of benzene rings is 2. The average molecular weight is 250 g/mol. The van der Waals surface area contributed by atoms with Crippen LogP contribution in [-0.4, -0.2) is 0 Å². The van der Waals surface area contributed by atoms with Crippen LogP contribution in [0.25, 0.3) is 0 Å². The van der Waals surface area contributed by atoms with Crippen molar-refractivity contribution < 1.29 is 0 Å². The van der Waals surface area contributed by atoms with Gasteiger partial charge in [-0.3, -0.25) is 0 Å². The van der Waals surface area contributed by atoms with Crippen LogP contribution in [0.4, 0.5) is 5.69 Å². The topological polar surface area (TPSA) is 35.8 Å². The van der Waals surface area contributed by atoms with Gasteiger partial charge in [0, 0.05) is 11.7 Å². The first-order valence-corrected chi connectivity index (χ1v) is 6.44. The lowest BCUT2D eigenvalue weighted by Gasteiger charge is -2.18. The van der Waals surface area contributed by atoms with Gasteiger partial charge in [0.15, 0.2) is 0 Å². The number of aryl methyl sites for hydroxylation is 2. The van der Waals surface area contributed by atoms with Crippen LogP contribution in [0.2, 0.25) is 0 Å². The van der Waals surface area contributed by atoms with Gasteiger partial charge in [0.1, 0.15) is 0 Å². The first-order valence-electron chi connectivity index (χ1n) is 6.44. The van der Waals surface area contributed by atoms with Crippen molar-refractivity contribution in [1.82, 2.24) is 0 Å². The van der Waals surface area contributed by atoms with E-state index in [1.165, 1.54) is 16.7 Å². The molecule has 0 amide bonds. The van der Waals surface area contributed by atoms with E-state index in [1.54, 1.807) is 0 Å². The number of anilines is 1. The van der Waals surface area contributed by atoms with E-state index in [0.717, 1.165) is 5.69 Å². The van der Waals surface area contributed by atoms with Gasteiger partial charge >= 0.3 is 0 Å². The fourth-order valence-electron chi connectivity index (χ4n) is 2.32. The smallest absolute Gasteiger partial charge is 0.0992 e. The minimum atomic E-state index is 0.217. The quantitative estimate of drug-likeness (QED) is 0.879. The summed E-state index contributed by atoms with van der Waals surface area (Å²) in [5.41, 5.74) is 5.51. The summed E-state index contributed by atoms with van der Waals surface area (Å²) in [6.45, 7) is 6.37. The maximum Gasteiger partial charge on any atom is 0.0992 e. The van der Waals surface area contributed by atoms with Crippen molar-refractivity contribution in [2.24, 2.45) is 0 Å². The predicted molar refractivity (Wildman–Crippen MR) is 79.1 cm³/mol. The molecular weight excluding hydrogens is 232 g/mol. The third-order valence-electron chi connectivity index (χ3n) is 3.27. The lowest BCUT2D eigenvalue weighted by molar-refractivity contribution is 0.873. The molecule has 2 heteroatoms. The molecule has 0 aliphatic carbocycles. The fraction of sp³-hybridized carbons (Fsp3) is 0.235. The Bertz CT molecular complexity index is 623. The third-order valence-corrected chi connectivity index (χ3v) is 3.27. The van der Waals surface area contributed by atoms with E-state index < -0.39 is 0 Å². The Morgan fingerprint density at radius 2 is 1.89 bits per heavy atom. The summed E-state index contributed by atoms with van der Waals surface area (Å²) in [4.78, 5) is 0. The van der Waals surface area contributed by atoms with Crippen LogP contribution in [0, 0.1) is 25.2 Å². The molecule has 1 unspecified atom stereocenters. The highest BCUT2D eigenvalue weighted by Crippen LogP contribution is 2.23. The van der Waals surface area contributed by atoms with E-state index >= 15 is 0 Å². The summed E-state index contributed by atoms with van der Waals surface area (Å²) >= 11 is 0. The fourth-order valence-corrected chi connectivity index (χ4v) is 2.32. The molecule has 1 atom stereocenters. The summed E-state index contributed by atoms with van der Waals surface area (Å²) in [6, 6.07) is 16.4. The second-order valence-electron chi connectivity index (χ2n) is 4.92. The zero-order valence-corrected chi connectivity index (χ0v) is 11.6. The second-order valence-corrected chi connectivity index (χ2v) is 4.92. The maximum absolute atomic E-state index is 8.91. The summed E-state index contributed by atoms with van der Waals surface area (Å²) in [5, 5.41) is 12.4. The van der Waals surface area contributed by atoms with E-state index in [4.69, 9.17) is 5.26 Å².